The summed E-state index contributed by atoms with van der Waals surface area (Å²) < 4.78 is 1.09. The van der Waals surface area contributed by atoms with E-state index in [9.17, 15) is 4.79 Å². The molecule has 0 unspecified atom stereocenters. The molecule has 2 aromatic carbocycles. The summed E-state index contributed by atoms with van der Waals surface area (Å²) in [6.45, 7) is 0. The molecule has 0 fully saturated rings. The van der Waals surface area contributed by atoms with Gasteiger partial charge in [-0.2, -0.15) is 0 Å². The Hall–Kier alpha value is -1.21. The van der Waals surface area contributed by atoms with Crippen molar-refractivity contribution >= 4 is 67.7 Å². The van der Waals surface area contributed by atoms with E-state index in [2.05, 4.69) is 10.3 Å². The molecule has 3 nitrogen and oxygen atoms in total. The molecule has 3 aromatic rings. The number of aromatic nitrogens is 1. The number of fused-ring (bicyclic) bond motifs is 1. The fourth-order valence-corrected chi connectivity index (χ4v) is 4.63. The highest BCUT2D eigenvalue weighted by Gasteiger charge is 2.10. The van der Waals surface area contributed by atoms with Crippen molar-refractivity contribution in [1.82, 2.24) is 4.98 Å². The van der Waals surface area contributed by atoms with Gasteiger partial charge in [-0.15, -0.1) is 23.5 Å². The van der Waals surface area contributed by atoms with Crippen LogP contribution in [0.1, 0.15) is 6.42 Å². The largest absolute Gasteiger partial charge is 0.302 e. The molecular weight excluding hydrogens is 380 g/mol. The zero-order valence-corrected chi connectivity index (χ0v) is 16.1. The number of carbonyl (C=O) groups is 1. The lowest BCUT2D eigenvalue weighted by Crippen LogP contribution is -2.11. The van der Waals surface area contributed by atoms with Gasteiger partial charge in [0.2, 0.25) is 5.91 Å². The number of hydrogen-bond donors (Lipinski definition) is 1. The van der Waals surface area contributed by atoms with Gasteiger partial charge in [0.1, 0.15) is 0 Å². The smallest absolute Gasteiger partial charge is 0.226 e. The van der Waals surface area contributed by atoms with Crippen molar-refractivity contribution < 1.29 is 4.79 Å². The first-order chi connectivity index (χ1) is 11.7. The Morgan fingerprint density at radius 2 is 2.04 bits per heavy atom. The van der Waals surface area contributed by atoms with Crippen molar-refractivity contribution in [2.75, 3.05) is 17.3 Å². The average molecular weight is 395 g/mol. The van der Waals surface area contributed by atoms with Crippen molar-refractivity contribution in [2.45, 2.75) is 16.2 Å². The van der Waals surface area contributed by atoms with Crippen LogP contribution >= 0.6 is 46.5 Å². The van der Waals surface area contributed by atoms with Gasteiger partial charge < -0.3 is 5.32 Å². The van der Waals surface area contributed by atoms with E-state index in [0.29, 0.717) is 17.3 Å². The number of thioether (sulfide) groups is 2. The van der Waals surface area contributed by atoms with Gasteiger partial charge in [-0.3, -0.25) is 4.79 Å². The molecule has 0 bridgehead atoms. The summed E-state index contributed by atoms with van der Waals surface area (Å²) in [6, 6.07) is 13.7. The fourth-order valence-electron chi connectivity index (χ4n) is 2.12. The predicted octanol–water partition coefficient (Wildman–Crippen LogP) is 5.79. The summed E-state index contributed by atoms with van der Waals surface area (Å²) in [5.41, 5.74) is 0.959. The van der Waals surface area contributed by atoms with E-state index in [0.717, 1.165) is 25.0 Å². The number of halogens is 1. The number of rotatable bonds is 6. The Balaban J connectivity index is 1.56. The molecule has 1 N–H and O–H groups in total. The monoisotopic (exact) mass is 394 g/mol. The third kappa shape index (κ3) is 4.45. The fraction of sp³-hybridized carbons (Fsp3) is 0.176. The molecule has 0 saturated heterocycles. The van der Waals surface area contributed by atoms with E-state index in [4.69, 9.17) is 11.6 Å². The molecule has 0 radical (unpaired) electrons. The van der Waals surface area contributed by atoms with Crippen molar-refractivity contribution in [3.8, 4) is 0 Å². The molecule has 24 heavy (non-hydrogen) atoms. The van der Waals surface area contributed by atoms with Crippen LogP contribution in [0.2, 0.25) is 5.02 Å². The second-order valence-electron chi connectivity index (χ2n) is 4.93. The lowest BCUT2D eigenvalue weighted by atomic mass is 10.3. The first-order valence-corrected chi connectivity index (χ1v) is 10.7. The number of amides is 1. The zero-order valence-electron chi connectivity index (χ0n) is 12.9. The Morgan fingerprint density at radius 1 is 1.25 bits per heavy atom. The Labute approximate surface area is 158 Å². The molecule has 3 rings (SSSR count). The van der Waals surface area contributed by atoms with Crippen LogP contribution in [0.4, 0.5) is 5.13 Å². The van der Waals surface area contributed by atoms with Gasteiger partial charge in [-0.25, -0.2) is 4.98 Å². The molecule has 1 amide bonds. The summed E-state index contributed by atoms with van der Waals surface area (Å²) >= 11 is 10.7. The maximum atomic E-state index is 12.1. The number of benzene rings is 2. The van der Waals surface area contributed by atoms with Crippen LogP contribution in [0.3, 0.4) is 0 Å². The van der Waals surface area contributed by atoms with E-state index in [-0.39, 0.29) is 5.91 Å². The van der Waals surface area contributed by atoms with Crippen molar-refractivity contribution in [2.24, 2.45) is 0 Å². The quantitative estimate of drug-likeness (QED) is 0.537. The predicted molar refractivity (Wildman–Crippen MR) is 107 cm³/mol. The second-order valence-corrected chi connectivity index (χ2v) is 8.41. The minimum atomic E-state index is -0.0128. The molecule has 0 aliphatic rings. The van der Waals surface area contributed by atoms with Crippen LogP contribution in [0.5, 0.6) is 0 Å². The summed E-state index contributed by atoms with van der Waals surface area (Å²) in [4.78, 5) is 18.9. The van der Waals surface area contributed by atoms with Gasteiger partial charge in [-0.1, -0.05) is 29.0 Å². The number of nitrogens with one attached hydrogen (secondary N) is 1. The Kier molecular flexibility index (Phi) is 6.05. The number of thiazole rings is 1. The maximum absolute atomic E-state index is 12.1. The molecular formula is C17H15ClN2OS3. The number of para-hydroxylation sites is 1. The summed E-state index contributed by atoms with van der Waals surface area (Å²) in [5.74, 6) is 0.704. The Morgan fingerprint density at radius 3 is 2.79 bits per heavy atom. The zero-order chi connectivity index (χ0) is 16.9. The van der Waals surface area contributed by atoms with E-state index >= 15 is 0 Å². The molecule has 1 aromatic heterocycles. The molecule has 0 aliphatic heterocycles. The molecule has 1 heterocycles. The SMILES string of the molecule is CSc1cccc2sc(NC(=O)CCSc3ccc(Cl)cc3)nc12. The third-order valence-electron chi connectivity index (χ3n) is 3.26. The van der Waals surface area contributed by atoms with Crippen LogP contribution < -0.4 is 5.32 Å². The number of carbonyl (C=O) groups excluding carboxylic acids is 1. The summed E-state index contributed by atoms with van der Waals surface area (Å²) in [6.07, 6.45) is 2.47. The molecule has 0 spiro atoms. The van der Waals surface area contributed by atoms with Crippen molar-refractivity contribution in [3.05, 3.63) is 47.5 Å². The van der Waals surface area contributed by atoms with E-state index < -0.39 is 0 Å². The molecule has 0 atom stereocenters. The van der Waals surface area contributed by atoms with Crippen LogP contribution in [0.25, 0.3) is 10.2 Å². The standard InChI is InChI=1S/C17H15ClN2OS3/c1-22-13-3-2-4-14-16(13)20-17(24-14)19-15(21)9-10-23-12-7-5-11(18)6-8-12/h2-8H,9-10H2,1H3,(H,19,20,21). The number of anilines is 1. The first kappa shape index (κ1) is 17.6. The summed E-state index contributed by atoms with van der Waals surface area (Å²) in [5, 5.41) is 4.28. The maximum Gasteiger partial charge on any atom is 0.226 e. The van der Waals surface area contributed by atoms with Crippen molar-refractivity contribution in [3.63, 3.8) is 0 Å². The average Bonchev–Trinajstić information content (AvgIpc) is 2.98. The molecule has 7 heteroatoms. The number of nitrogens with zero attached hydrogens (tertiary/aromatic N) is 1. The third-order valence-corrected chi connectivity index (χ3v) is 6.23. The van der Waals surface area contributed by atoms with Gasteiger partial charge in [0.05, 0.1) is 10.2 Å². The highest BCUT2D eigenvalue weighted by molar-refractivity contribution is 7.99. The van der Waals surface area contributed by atoms with E-state index in [1.807, 2.05) is 48.7 Å². The highest BCUT2D eigenvalue weighted by atomic mass is 35.5. The van der Waals surface area contributed by atoms with Gasteiger partial charge in [0.15, 0.2) is 5.13 Å². The lowest BCUT2D eigenvalue weighted by molar-refractivity contribution is -0.115. The van der Waals surface area contributed by atoms with Gasteiger partial charge in [0.25, 0.3) is 0 Å². The van der Waals surface area contributed by atoms with E-state index in [1.54, 1.807) is 23.5 Å². The summed E-state index contributed by atoms with van der Waals surface area (Å²) in [7, 11) is 0. The lowest BCUT2D eigenvalue weighted by Gasteiger charge is -2.02. The normalized spacial score (nSPS) is 10.9. The van der Waals surface area contributed by atoms with Gasteiger partial charge in [0, 0.05) is 27.0 Å². The highest BCUT2D eigenvalue weighted by Crippen LogP contribution is 2.32. The van der Waals surface area contributed by atoms with Crippen LogP contribution in [-0.4, -0.2) is 22.9 Å². The minimum absolute atomic E-state index is 0.0128. The minimum Gasteiger partial charge on any atom is -0.302 e. The van der Waals surface area contributed by atoms with Gasteiger partial charge >= 0.3 is 0 Å². The van der Waals surface area contributed by atoms with Gasteiger partial charge in [-0.05, 0) is 42.7 Å². The topological polar surface area (TPSA) is 42.0 Å². The molecule has 0 saturated carbocycles. The number of hydrogen-bond acceptors (Lipinski definition) is 5. The van der Waals surface area contributed by atoms with E-state index in [1.165, 1.54) is 11.3 Å². The van der Waals surface area contributed by atoms with Crippen molar-refractivity contribution in [1.29, 1.82) is 0 Å². The van der Waals surface area contributed by atoms with Crippen LogP contribution in [0.15, 0.2) is 52.3 Å². The Bertz CT molecular complexity index is 849. The van der Waals surface area contributed by atoms with Crippen LogP contribution in [0, 0.1) is 0 Å². The molecule has 124 valence electrons. The molecule has 0 aliphatic carbocycles. The second kappa shape index (κ2) is 8.25. The first-order valence-electron chi connectivity index (χ1n) is 7.27. The van der Waals surface area contributed by atoms with Crippen LogP contribution in [-0.2, 0) is 4.79 Å².